The fraction of sp³-hybridized carbons (Fsp3) is 0.385. The van der Waals surface area contributed by atoms with E-state index in [4.69, 9.17) is 5.11 Å². The summed E-state index contributed by atoms with van der Waals surface area (Å²) >= 11 is 0. The van der Waals surface area contributed by atoms with Crippen LogP contribution in [0, 0.1) is 5.92 Å². The predicted molar refractivity (Wildman–Crippen MR) is 66.5 cm³/mol. The molecule has 2 rings (SSSR count). The predicted octanol–water partition coefficient (Wildman–Crippen LogP) is 3.41. The van der Waals surface area contributed by atoms with Crippen molar-refractivity contribution in [1.29, 1.82) is 0 Å². The van der Waals surface area contributed by atoms with Crippen LogP contribution in [-0.2, 0) is 12.7 Å². The number of carboxylic acid groups (broad SMARTS) is 1. The smallest absolute Gasteiger partial charge is 0.449 e. The van der Waals surface area contributed by atoms with Crippen LogP contribution in [0.15, 0.2) is 18.2 Å². The highest BCUT2D eigenvalue weighted by molar-refractivity contribution is 5.92. The Balaban J connectivity index is 2.68. The number of fused-ring (bicyclic) bond motifs is 1. The first-order valence-corrected chi connectivity index (χ1v) is 6.01. The number of hydrogen-bond acceptors (Lipinski definition) is 2. The largest absolute Gasteiger partial charge is 0.478 e. The quantitative estimate of drug-likeness (QED) is 0.940. The fourth-order valence-electron chi connectivity index (χ4n) is 2.03. The summed E-state index contributed by atoms with van der Waals surface area (Å²) in [6.07, 6.45) is -4.57. The van der Waals surface area contributed by atoms with Crippen molar-refractivity contribution in [2.24, 2.45) is 5.92 Å². The second kappa shape index (κ2) is 4.81. The Morgan fingerprint density at radius 1 is 1.40 bits per heavy atom. The lowest BCUT2D eigenvalue weighted by molar-refractivity contribution is -0.147. The lowest BCUT2D eigenvalue weighted by Gasteiger charge is -2.13. The molecule has 7 heteroatoms. The molecule has 0 fully saturated rings. The second-order valence-electron chi connectivity index (χ2n) is 4.95. The lowest BCUT2D eigenvalue weighted by atomic mass is 10.2. The fourth-order valence-corrected chi connectivity index (χ4v) is 2.03. The van der Waals surface area contributed by atoms with Crippen molar-refractivity contribution >= 4 is 17.0 Å². The molecule has 0 saturated heterocycles. The Morgan fingerprint density at radius 2 is 2.05 bits per heavy atom. The number of aromatic nitrogens is 2. The molecule has 0 aliphatic rings. The monoisotopic (exact) mass is 286 g/mol. The molecule has 0 aliphatic heterocycles. The van der Waals surface area contributed by atoms with Gasteiger partial charge in [0.15, 0.2) is 0 Å². The molecule has 0 saturated carbocycles. The second-order valence-corrected chi connectivity index (χ2v) is 4.95. The van der Waals surface area contributed by atoms with Gasteiger partial charge >= 0.3 is 12.1 Å². The van der Waals surface area contributed by atoms with Crippen molar-refractivity contribution in [3.8, 4) is 0 Å². The molecule has 0 spiro atoms. The molecular formula is C13H13F3N2O2. The standard InChI is InChI=1S/C13H13F3N2O2/c1-7(2)6-18-10-4-3-8(11(19)20)5-9(10)17-12(18)13(14,15)16/h3-5,7H,6H2,1-2H3,(H,19,20). The molecule has 1 aromatic carbocycles. The number of alkyl halides is 3. The van der Waals surface area contributed by atoms with Crippen molar-refractivity contribution in [2.45, 2.75) is 26.6 Å². The van der Waals surface area contributed by atoms with E-state index in [1.165, 1.54) is 12.1 Å². The number of halogens is 3. The summed E-state index contributed by atoms with van der Waals surface area (Å²) in [5.41, 5.74) is 0.245. The molecule has 4 nitrogen and oxygen atoms in total. The highest BCUT2D eigenvalue weighted by Gasteiger charge is 2.37. The minimum atomic E-state index is -4.57. The number of carboxylic acids is 1. The van der Waals surface area contributed by atoms with E-state index in [9.17, 15) is 18.0 Å². The van der Waals surface area contributed by atoms with Gasteiger partial charge in [0.25, 0.3) is 0 Å². The van der Waals surface area contributed by atoms with E-state index in [1.807, 2.05) is 0 Å². The molecule has 1 heterocycles. The molecule has 0 aliphatic carbocycles. The Hall–Kier alpha value is -2.05. The summed E-state index contributed by atoms with van der Waals surface area (Å²) in [6, 6.07) is 3.80. The Kier molecular flexibility index (Phi) is 3.45. The molecule has 2 aromatic rings. The van der Waals surface area contributed by atoms with Crippen LogP contribution in [-0.4, -0.2) is 20.6 Å². The van der Waals surface area contributed by atoms with E-state index in [0.29, 0.717) is 0 Å². The number of hydrogen-bond donors (Lipinski definition) is 1. The summed E-state index contributed by atoms with van der Waals surface area (Å²) in [7, 11) is 0. The van der Waals surface area contributed by atoms with Gasteiger partial charge < -0.3 is 9.67 Å². The molecule has 0 amide bonds. The minimum Gasteiger partial charge on any atom is -0.478 e. The lowest BCUT2D eigenvalue weighted by Crippen LogP contribution is -2.17. The van der Waals surface area contributed by atoms with Crippen LogP contribution in [0.25, 0.3) is 11.0 Å². The molecule has 20 heavy (non-hydrogen) atoms. The van der Waals surface area contributed by atoms with Gasteiger partial charge in [-0.2, -0.15) is 13.2 Å². The van der Waals surface area contributed by atoms with E-state index >= 15 is 0 Å². The van der Waals surface area contributed by atoms with Gasteiger partial charge in [0.1, 0.15) is 0 Å². The van der Waals surface area contributed by atoms with Crippen LogP contribution in [0.5, 0.6) is 0 Å². The van der Waals surface area contributed by atoms with Gasteiger partial charge in [-0.1, -0.05) is 13.8 Å². The molecule has 0 bridgehead atoms. The Labute approximate surface area is 112 Å². The van der Waals surface area contributed by atoms with Crippen molar-refractivity contribution in [1.82, 2.24) is 9.55 Å². The number of imidazole rings is 1. The molecule has 108 valence electrons. The van der Waals surface area contributed by atoms with Gasteiger partial charge in [0.05, 0.1) is 16.6 Å². The molecular weight excluding hydrogens is 273 g/mol. The van der Waals surface area contributed by atoms with E-state index in [0.717, 1.165) is 10.6 Å². The van der Waals surface area contributed by atoms with Crippen LogP contribution >= 0.6 is 0 Å². The van der Waals surface area contributed by atoms with Gasteiger partial charge in [-0.05, 0) is 24.1 Å². The van der Waals surface area contributed by atoms with Crippen molar-refractivity contribution in [3.63, 3.8) is 0 Å². The maximum Gasteiger partial charge on any atom is 0.449 e. The average Bonchev–Trinajstić information content (AvgIpc) is 2.66. The zero-order chi connectivity index (χ0) is 15.1. The van der Waals surface area contributed by atoms with E-state index < -0.39 is 18.0 Å². The third-order valence-corrected chi connectivity index (χ3v) is 2.80. The van der Waals surface area contributed by atoms with Gasteiger partial charge in [0, 0.05) is 6.54 Å². The van der Waals surface area contributed by atoms with E-state index in [1.54, 1.807) is 13.8 Å². The number of nitrogens with zero attached hydrogens (tertiary/aromatic N) is 2. The highest BCUT2D eigenvalue weighted by Crippen LogP contribution is 2.32. The van der Waals surface area contributed by atoms with E-state index in [-0.39, 0.29) is 29.1 Å². The van der Waals surface area contributed by atoms with Gasteiger partial charge in [0.2, 0.25) is 5.82 Å². The first kappa shape index (κ1) is 14.4. The summed E-state index contributed by atoms with van der Waals surface area (Å²) in [5, 5.41) is 8.87. The number of benzene rings is 1. The maximum absolute atomic E-state index is 13.0. The average molecular weight is 286 g/mol. The number of rotatable bonds is 3. The summed E-state index contributed by atoms with van der Waals surface area (Å²) < 4.78 is 40.1. The third-order valence-electron chi connectivity index (χ3n) is 2.80. The number of carbonyl (C=O) groups is 1. The van der Waals surface area contributed by atoms with Gasteiger partial charge in [-0.15, -0.1) is 0 Å². The van der Waals surface area contributed by atoms with Crippen LogP contribution in [0.4, 0.5) is 13.2 Å². The van der Waals surface area contributed by atoms with Gasteiger partial charge in [-0.25, -0.2) is 9.78 Å². The van der Waals surface area contributed by atoms with Crippen LogP contribution < -0.4 is 0 Å². The van der Waals surface area contributed by atoms with Crippen LogP contribution in [0.2, 0.25) is 0 Å². The molecule has 1 N–H and O–H groups in total. The highest BCUT2D eigenvalue weighted by atomic mass is 19.4. The number of aromatic carboxylic acids is 1. The van der Waals surface area contributed by atoms with Crippen molar-refractivity contribution in [3.05, 3.63) is 29.6 Å². The maximum atomic E-state index is 13.0. The van der Waals surface area contributed by atoms with Crippen molar-refractivity contribution < 1.29 is 23.1 Å². The summed E-state index contributed by atoms with van der Waals surface area (Å²) in [6.45, 7) is 3.77. The Morgan fingerprint density at radius 3 is 2.55 bits per heavy atom. The summed E-state index contributed by atoms with van der Waals surface area (Å²) in [4.78, 5) is 14.4. The van der Waals surface area contributed by atoms with Crippen molar-refractivity contribution in [2.75, 3.05) is 0 Å². The zero-order valence-corrected chi connectivity index (χ0v) is 10.9. The molecule has 0 unspecified atom stereocenters. The Bertz CT molecular complexity index is 659. The molecule has 1 aromatic heterocycles. The minimum absolute atomic E-state index is 0.00708. The van der Waals surface area contributed by atoms with Crippen LogP contribution in [0.3, 0.4) is 0 Å². The zero-order valence-electron chi connectivity index (χ0n) is 10.9. The van der Waals surface area contributed by atoms with Crippen LogP contribution in [0.1, 0.15) is 30.0 Å². The molecule has 0 atom stereocenters. The van der Waals surface area contributed by atoms with Gasteiger partial charge in [-0.3, -0.25) is 0 Å². The third kappa shape index (κ3) is 2.61. The topological polar surface area (TPSA) is 55.1 Å². The van der Waals surface area contributed by atoms with E-state index in [2.05, 4.69) is 4.98 Å². The normalized spacial score (nSPS) is 12.3. The molecule has 0 radical (unpaired) electrons. The SMILES string of the molecule is CC(C)Cn1c(C(F)(F)F)nc2cc(C(=O)O)ccc21. The first-order valence-electron chi connectivity index (χ1n) is 6.01. The first-order chi connectivity index (χ1) is 9.20. The summed E-state index contributed by atoms with van der Waals surface area (Å²) in [5.74, 6) is -2.18.